The number of nitrogens with zero attached hydrogens (tertiary/aromatic N) is 6. The first-order chi connectivity index (χ1) is 25.4. The molecular formula is C40H48FN7O3S2. The summed E-state index contributed by atoms with van der Waals surface area (Å²) in [4.78, 5) is 42.9. The van der Waals surface area contributed by atoms with Gasteiger partial charge in [0.1, 0.15) is 17.4 Å². The molecule has 4 aromatic rings. The second-order valence-corrected chi connectivity index (χ2v) is 16.7. The van der Waals surface area contributed by atoms with Crippen molar-refractivity contribution in [3.05, 3.63) is 94.9 Å². The molecule has 1 aromatic carbocycles. The third kappa shape index (κ3) is 11.3. The highest BCUT2D eigenvalue weighted by molar-refractivity contribution is 8.00. The largest absolute Gasteiger partial charge is 0.444 e. The Kier molecular flexibility index (Phi) is 14.0. The van der Waals surface area contributed by atoms with Crippen molar-refractivity contribution in [1.29, 1.82) is 5.26 Å². The summed E-state index contributed by atoms with van der Waals surface area (Å²) in [6.45, 7) is 11.1. The zero-order chi connectivity index (χ0) is 38.0. The highest BCUT2D eigenvalue weighted by Crippen LogP contribution is 2.33. The highest BCUT2D eigenvalue weighted by Gasteiger charge is 2.27. The summed E-state index contributed by atoms with van der Waals surface area (Å²) in [5.74, 6) is 1.07. The number of nitriles is 1. The van der Waals surface area contributed by atoms with Crippen LogP contribution in [0.1, 0.15) is 94.3 Å². The van der Waals surface area contributed by atoms with Gasteiger partial charge in [-0.05, 0) is 81.1 Å². The van der Waals surface area contributed by atoms with Crippen LogP contribution in [0.15, 0.2) is 69.1 Å². The van der Waals surface area contributed by atoms with Gasteiger partial charge in [-0.1, -0.05) is 75.8 Å². The van der Waals surface area contributed by atoms with Gasteiger partial charge in [0, 0.05) is 18.4 Å². The maximum Gasteiger partial charge on any atom is 0.264 e. The number of halogens is 1. The van der Waals surface area contributed by atoms with E-state index in [0.29, 0.717) is 16.8 Å². The molecule has 0 spiro atoms. The van der Waals surface area contributed by atoms with Crippen molar-refractivity contribution in [3.63, 3.8) is 0 Å². The average Bonchev–Trinajstić information content (AvgIpc) is 3.82. The van der Waals surface area contributed by atoms with Crippen molar-refractivity contribution in [2.24, 2.45) is 5.92 Å². The molecule has 4 heterocycles. The second-order valence-electron chi connectivity index (χ2n) is 14.4. The minimum absolute atomic E-state index is 0.0271. The van der Waals surface area contributed by atoms with Crippen molar-refractivity contribution in [2.45, 2.75) is 87.6 Å². The molecule has 1 unspecified atom stereocenters. The molecule has 1 fully saturated rings. The van der Waals surface area contributed by atoms with E-state index in [1.165, 1.54) is 35.1 Å². The van der Waals surface area contributed by atoms with Gasteiger partial charge in [-0.15, -0.1) is 11.8 Å². The van der Waals surface area contributed by atoms with Gasteiger partial charge in [-0.3, -0.25) is 9.59 Å². The molecule has 2 amide bonds. The van der Waals surface area contributed by atoms with Gasteiger partial charge >= 0.3 is 0 Å². The number of benzene rings is 1. The Balaban J connectivity index is 1.04. The number of carbonyl (C=O) groups is 2. The highest BCUT2D eigenvalue weighted by atomic mass is 32.2. The third-order valence-corrected chi connectivity index (χ3v) is 11.4. The van der Waals surface area contributed by atoms with Crippen molar-refractivity contribution < 1.29 is 18.4 Å². The first kappa shape index (κ1) is 39.8. The number of likely N-dealkylation sites (tertiary alicyclic amines) is 1. The maximum absolute atomic E-state index is 13.6. The molecule has 3 aromatic heterocycles. The number of piperidine rings is 1. The lowest BCUT2D eigenvalue weighted by molar-refractivity contribution is -0.127. The number of thiazole rings is 1. The van der Waals surface area contributed by atoms with Crippen LogP contribution in [0.25, 0.3) is 6.08 Å². The minimum atomic E-state index is -0.669. The Morgan fingerprint density at radius 3 is 2.58 bits per heavy atom. The first-order valence-corrected chi connectivity index (χ1v) is 19.9. The fraction of sp³-hybridized carbons (Fsp3) is 0.450. The van der Waals surface area contributed by atoms with Crippen molar-refractivity contribution in [3.8, 4) is 6.07 Å². The third-order valence-electron chi connectivity index (χ3n) is 9.34. The summed E-state index contributed by atoms with van der Waals surface area (Å²) >= 11 is 3.07. The lowest BCUT2D eigenvalue weighted by atomic mass is 9.94. The molecule has 1 N–H and O–H groups in total. The van der Waals surface area contributed by atoms with Gasteiger partial charge < -0.3 is 19.5 Å². The van der Waals surface area contributed by atoms with Gasteiger partial charge in [0.15, 0.2) is 5.13 Å². The van der Waals surface area contributed by atoms with Gasteiger partial charge in [0.05, 0.1) is 34.1 Å². The van der Waals surface area contributed by atoms with Crippen molar-refractivity contribution in [1.82, 2.24) is 24.8 Å². The molecule has 13 heteroatoms. The molecule has 1 saturated heterocycles. The number of oxazole rings is 1. The smallest absolute Gasteiger partial charge is 0.264 e. The van der Waals surface area contributed by atoms with Crippen LogP contribution < -0.4 is 5.32 Å². The summed E-state index contributed by atoms with van der Waals surface area (Å²) in [5.41, 5.74) is 2.27. The average molecular weight is 758 g/mol. The molecule has 10 nitrogen and oxygen atoms in total. The van der Waals surface area contributed by atoms with E-state index in [9.17, 15) is 19.2 Å². The summed E-state index contributed by atoms with van der Waals surface area (Å²) in [5, 5.41) is 13.4. The zero-order valence-corrected chi connectivity index (χ0v) is 32.7. The predicted octanol–water partition coefficient (Wildman–Crippen LogP) is 8.45. The fourth-order valence-electron chi connectivity index (χ4n) is 6.26. The van der Waals surface area contributed by atoms with Gasteiger partial charge in [0.25, 0.3) is 5.91 Å². The SMILES string of the molecule is CCCC(c1ccc(CCCN2CCC(C(=O)Nc3ncc(SCc4ncc(C(C)(C)C)o4)s3)CC2)cc1)N(C)C(=O)/C(C#N)=C/c1cccc(F)n1. The number of hydrogen-bond acceptors (Lipinski definition) is 10. The normalized spacial score (nSPS) is 14.8. The number of likely N-dealkylation sites (N-methyl/N-ethyl adjacent to an activating group) is 1. The summed E-state index contributed by atoms with van der Waals surface area (Å²) in [6, 6.07) is 14.4. The molecule has 1 aliphatic rings. The zero-order valence-electron chi connectivity index (χ0n) is 31.1. The minimum Gasteiger partial charge on any atom is -0.444 e. The summed E-state index contributed by atoms with van der Waals surface area (Å²) < 4.78 is 20.5. The van der Waals surface area contributed by atoms with Crippen LogP contribution in [0.2, 0.25) is 0 Å². The Hall–Kier alpha value is -4.38. The quantitative estimate of drug-likeness (QED) is 0.0550. The predicted molar refractivity (Wildman–Crippen MR) is 208 cm³/mol. The van der Waals surface area contributed by atoms with Crippen LogP contribution >= 0.6 is 23.1 Å². The van der Waals surface area contributed by atoms with Crippen molar-refractivity contribution in [2.75, 3.05) is 32.0 Å². The van der Waals surface area contributed by atoms with E-state index in [4.69, 9.17) is 4.42 Å². The number of nitrogens with one attached hydrogen (secondary N) is 1. The number of rotatable bonds is 15. The van der Waals surface area contributed by atoms with Gasteiger partial charge in [-0.25, -0.2) is 15.0 Å². The van der Waals surface area contributed by atoms with Crippen molar-refractivity contribution >= 4 is 46.1 Å². The fourth-order valence-corrected chi connectivity index (χ4v) is 7.99. The topological polar surface area (TPSA) is 128 Å². The van der Waals surface area contributed by atoms with E-state index >= 15 is 0 Å². The number of amides is 2. The van der Waals surface area contributed by atoms with E-state index in [0.717, 1.165) is 73.7 Å². The van der Waals surface area contributed by atoms with E-state index in [-0.39, 0.29) is 34.5 Å². The lowest BCUT2D eigenvalue weighted by Gasteiger charge is -2.31. The number of carbonyl (C=O) groups excluding carboxylic acids is 2. The number of anilines is 1. The molecule has 0 aliphatic carbocycles. The molecule has 1 atom stereocenters. The summed E-state index contributed by atoms with van der Waals surface area (Å²) in [7, 11) is 1.70. The molecule has 0 bridgehead atoms. The molecule has 280 valence electrons. The Labute approximate surface area is 319 Å². The summed E-state index contributed by atoms with van der Waals surface area (Å²) in [6.07, 6.45) is 10.1. The van der Waals surface area contributed by atoms with E-state index < -0.39 is 11.9 Å². The van der Waals surface area contributed by atoms with E-state index in [2.05, 4.69) is 77.1 Å². The lowest BCUT2D eigenvalue weighted by Crippen LogP contribution is -2.38. The maximum atomic E-state index is 13.6. The van der Waals surface area contributed by atoms with Crippen LogP contribution in [0.3, 0.4) is 0 Å². The number of pyridine rings is 1. The molecule has 0 radical (unpaired) electrons. The van der Waals surface area contributed by atoms with Crippen LogP contribution in [0.5, 0.6) is 0 Å². The van der Waals surface area contributed by atoms with Crippen LogP contribution in [0.4, 0.5) is 9.52 Å². The number of thioether (sulfide) groups is 1. The number of aryl methyl sites for hydroxylation is 1. The Bertz CT molecular complexity index is 1900. The monoisotopic (exact) mass is 757 g/mol. The number of aromatic nitrogens is 3. The molecule has 1 aliphatic heterocycles. The molecular weight excluding hydrogens is 710 g/mol. The van der Waals surface area contributed by atoms with E-state index in [1.54, 1.807) is 42.2 Å². The molecule has 53 heavy (non-hydrogen) atoms. The Morgan fingerprint density at radius 1 is 1.17 bits per heavy atom. The number of hydrogen-bond donors (Lipinski definition) is 1. The second kappa shape index (κ2) is 18.6. The van der Waals surface area contributed by atoms with Crippen LogP contribution in [-0.4, -0.2) is 63.2 Å². The molecule has 0 saturated carbocycles. The van der Waals surface area contributed by atoms with Gasteiger partial charge in [-0.2, -0.15) is 9.65 Å². The first-order valence-electron chi connectivity index (χ1n) is 18.1. The molecule has 5 rings (SSSR count). The standard InChI is InChI=1S/C40H48FN7O3S2/c1-6-9-32(47(5)38(50)30(23-42)22-31-11-7-12-34(41)45-31)28-15-13-27(14-16-28)10-8-19-48-20-17-29(18-21-48)37(49)46-39-44-25-36(53-39)52-26-35-43-24-33(51-35)40(2,3)4/h7,11-16,22,24-25,29,32H,6,8-10,17-21,26H2,1-5H3,(H,44,46,49)/b30-22+. The van der Waals surface area contributed by atoms with Crippen LogP contribution in [-0.2, 0) is 27.2 Å². The van der Waals surface area contributed by atoms with E-state index in [1.807, 2.05) is 6.07 Å². The van der Waals surface area contributed by atoms with Crippen LogP contribution in [0, 0.1) is 23.2 Å². The van der Waals surface area contributed by atoms with Gasteiger partial charge in [0.2, 0.25) is 17.7 Å². The Morgan fingerprint density at radius 2 is 1.92 bits per heavy atom.